The van der Waals surface area contributed by atoms with Crippen molar-refractivity contribution in [2.24, 2.45) is 0 Å². The van der Waals surface area contributed by atoms with Crippen LogP contribution in [0, 0.1) is 6.92 Å². The summed E-state index contributed by atoms with van der Waals surface area (Å²) in [6.07, 6.45) is 6.97. The Hall–Kier alpha value is -1.19. The first-order valence-electron chi connectivity index (χ1n) is 6.08. The molecule has 3 heteroatoms. The molecule has 18 heavy (non-hydrogen) atoms. The highest BCUT2D eigenvalue weighted by Gasteiger charge is 2.05. The first kappa shape index (κ1) is 14.9. The van der Waals surface area contributed by atoms with E-state index < -0.39 is 6.10 Å². The Morgan fingerprint density at radius 1 is 1.56 bits per heavy atom. The molecule has 1 aromatic heterocycles. The molecule has 1 heterocycles. The van der Waals surface area contributed by atoms with Crippen LogP contribution in [0.5, 0.6) is 0 Å². The molecule has 1 aromatic rings. The molecule has 98 valence electrons. The summed E-state index contributed by atoms with van der Waals surface area (Å²) in [5.41, 5.74) is 3.12. The van der Waals surface area contributed by atoms with Gasteiger partial charge in [-0.3, -0.25) is 0 Å². The van der Waals surface area contributed by atoms with Crippen LogP contribution < -0.4 is 0 Å². The maximum Gasteiger partial charge on any atom is 0.0901 e. The summed E-state index contributed by atoms with van der Waals surface area (Å²) in [5.74, 6) is 0. The average Bonchev–Trinajstić information content (AvgIpc) is 2.72. The summed E-state index contributed by atoms with van der Waals surface area (Å²) in [6.45, 7) is 9.67. The van der Waals surface area contributed by atoms with Crippen LogP contribution in [-0.2, 0) is 0 Å². The molecular formula is C15H21NOS. The Labute approximate surface area is 113 Å². The minimum absolute atomic E-state index is 0.438. The van der Waals surface area contributed by atoms with Gasteiger partial charge in [-0.05, 0) is 45.3 Å². The van der Waals surface area contributed by atoms with Crippen molar-refractivity contribution in [3.63, 3.8) is 0 Å². The lowest BCUT2D eigenvalue weighted by Crippen LogP contribution is -2.06. The van der Waals surface area contributed by atoms with Crippen molar-refractivity contribution in [3.8, 4) is 0 Å². The van der Waals surface area contributed by atoms with Gasteiger partial charge in [-0.1, -0.05) is 17.7 Å². The number of hydrogen-bond donors (Lipinski definition) is 1. The number of aryl methyl sites for hydroxylation is 1. The van der Waals surface area contributed by atoms with Crippen LogP contribution in [0.3, 0.4) is 0 Å². The number of aliphatic hydroxyl groups excluding tert-OH is 1. The fraction of sp³-hybridized carbons (Fsp3) is 0.400. The topological polar surface area (TPSA) is 33.1 Å². The largest absolute Gasteiger partial charge is 0.388 e. The highest BCUT2D eigenvalue weighted by Crippen LogP contribution is 2.15. The second-order valence-electron chi connectivity index (χ2n) is 4.47. The lowest BCUT2D eigenvalue weighted by Gasteiger charge is -2.08. The van der Waals surface area contributed by atoms with Crippen LogP contribution >= 0.6 is 11.3 Å². The molecule has 0 aromatic carbocycles. The molecule has 1 atom stereocenters. The number of rotatable bonds is 6. The molecule has 0 bridgehead atoms. The molecular weight excluding hydrogens is 242 g/mol. The lowest BCUT2D eigenvalue weighted by atomic mass is 10.0. The van der Waals surface area contributed by atoms with E-state index in [1.54, 1.807) is 11.3 Å². The van der Waals surface area contributed by atoms with Crippen LogP contribution in [0.4, 0.5) is 0 Å². The fourth-order valence-electron chi connectivity index (χ4n) is 1.59. The highest BCUT2D eigenvalue weighted by molar-refractivity contribution is 7.09. The lowest BCUT2D eigenvalue weighted by molar-refractivity contribution is 0.215. The number of nitrogens with zero attached hydrogens (tertiary/aromatic N) is 1. The second kappa shape index (κ2) is 7.29. The third-order valence-corrected chi connectivity index (χ3v) is 3.49. The molecule has 0 unspecified atom stereocenters. The number of aromatic nitrogens is 1. The van der Waals surface area contributed by atoms with Crippen LogP contribution in [0.2, 0.25) is 0 Å². The average molecular weight is 263 g/mol. The third-order valence-electron chi connectivity index (χ3n) is 2.69. The molecule has 0 saturated heterocycles. The van der Waals surface area contributed by atoms with E-state index in [1.807, 2.05) is 31.4 Å². The summed E-state index contributed by atoms with van der Waals surface area (Å²) in [7, 11) is 0. The maximum atomic E-state index is 10.0. The van der Waals surface area contributed by atoms with Crippen LogP contribution in [0.15, 0.2) is 35.3 Å². The minimum atomic E-state index is -0.438. The molecule has 2 nitrogen and oxygen atoms in total. The van der Waals surface area contributed by atoms with Gasteiger partial charge in [-0.15, -0.1) is 17.9 Å². The van der Waals surface area contributed by atoms with Gasteiger partial charge in [0.1, 0.15) is 0 Å². The minimum Gasteiger partial charge on any atom is -0.388 e. The monoisotopic (exact) mass is 263 g/mol. The summed E-state index contributed by atoms with van der Waals surface area (Å²) in [4.78, 5) is 4.36. The predicted molar refractivity (Wildman–Crippen MR) is 79.7 cm³/mol. The van der Waals surface area contributed by atoms with Crippen LogP contribution in [-0.4, -0.2) is 16.2 Å². The molecule has 0 aliphatic carbocycles. The van der Waals surface area contributed by atoms with Crippen molar-refractivity contribution < 1.29 is 5.11 Å². The Morgan fingerprint density at radius 3 is 2.83 bits per heavy atom. The van der Waals surface area contributed by atoms with Gasteiger partial charge >= 0.3 is 0 Å². The number of allylic oxidation sites excluding steroid dienone is 2. The van der Waals surface area contributed by atoms with Crippen molar-refractivity contribution in [1.82, 2.24) is 4.98 Å². The molecule has 0 amide bonds. The van der Waals surface area contributed by atoms with E-state index in [9.17, 15) is 5.11 Å². The number of hydrogen-bond acceptors (Lipinski definition) is 3. The fourth-order valence-corrected chi connectivity index (χ4v) is 2.16. The SMILES string of the molecule is C=CCC(C)=CC[C@H](O)C(C)=Cc1csc(C)n1. The number of aliphatic hydroxyl groups is 1. The second-order valence-corrected chi connectivity index (χ2v) is 5.54. The summed E-state index contributed by atoms with van der Waals surface area (Å²) in [6, 6.07) is 0. The molecule has 0 aliphatic rings. The van der Waals surface area contributed by atoms with Gasteiger partial charge in [0, 0.05) is 5.38 Å². The highest BCUT2D eigenvalue weighted by atomic mass is 32.1. The smallest absolute Gasteiger partial charge is 0.0901 e. The maximum absolute atomic E-state index is 10.0. The quantitative estimate of drug-likeness (QED) is 0.783. The summed E-state index contributed by atoms with van der Waals surface area (Å²) >= 11 is 1.62. The zero-order valence-electron chi connectivity index (χ0n) is 11.3. The van der Waals surface area contributed by atoms with Gasteiger partial charge < -0.3 is 5.11 Å². The van der Waals surface area contributed by atoms with Crippen molar-refractivity contribution in [1.29, 1.82) is 0 Å². The van der Waals surface area contributed by atoms with Crippen LogP contribution in [0.25, 0.3) is 6.08 Å². The van der Waals surface area contributed by atoms with E-state index in [2.05, 4.69) is 24.6 Å². The molecule has 0 spiro atoms. The molecule has 0 fully saturated rings. The van der Waals surface area contributed by atoms with E-state index in [1.165, 1.54) is 5.57 Å². The molecule has 0 radical (unpaired) electrons. The van der Waals surface area contributed by atoms with E-state index in [0.29, 0.717) is 6.42 Å². The van der Waals surface area contributed by atoms with E-state index in [4.69, 9.17) is 0 Å². The molecule has 0 aliphatic heterocycles. The van der Waals surface area contributed by atoms with Crippen molar-refractivity contribution in [2.45, 2.75) is 39.7 Å². The molecule has 0 saturated carbocycles. The van der Waals surface area contributed by atoms with Crippen molar-refractivity contribution in [3.05, 3.63) is 46.0 Å². The van der Waals surface area contributed by atoms with E-state index in [-0.39, 0.29) is 0 Å². The molecule has 1 N–H and O–H groups in total. The standard InChI is InChI=1S/C15H21NOS/c1-5-6-11(2)7-8-15(17)12(3)9-14-10-18-13(4)16-14/h5,7,9-10,15,17H,1,6,8H2,2-4H3/t15-/m0/s1. The van der Waals surface area contributed by atoms with Gasteiger partial charge in [0.05, 0.1) is 16.8 Å². The van der Waals surface area contributed by atoms with Gasteiger partial charge in [-0.2, -0.15) is 0 Å². The van der Waals surface area contributed by atoms with Gasteiger partial charge in [0.2, 0.25) is 0 Å². The van der Waals surface area contributed by atoms with Crippen molar-refractivity contribution in [2.75, 3.05) is 0 Å². The zero-order chi connectivity index (χ0) is 13.5. The Morgan fingerprint density at radius 2 is 2.28 bits per heavy atom. The first-order chi connectivity index (χ1) is 8.52. The van der Waals surface area contributed by atoms with Crippen molar-refractivity contribution >= 4 is 17.4 Å². The Bertz CT molecular complexity index is 457. The van der Waals surface area contributed by atoms with E-state index in [0.717, 1.165) is 22.7 Å². The third kappa shape index (κ3) is 4.98. The predicted octanol–water partition coefficient (Wildman–Crippen LogP) is 4.13. The molecule has 1 rings (SSSR count). The normalized spacial score (nSPS) is 14.7. The van der Waals surface area contributed by atoms with Gasteiger partial charge in [0.25, 0.3) is 0 Å². The van der Waals surface area contributed by atoms with E-state index >= 15 is 0 Å². The van der Waals surface area contributed by atoms with Gasteiger partial charge in [-0.25, -0.2) is 4.98 Å². The Kier molecular flexibility index (Phi) is 6.02. The van der Waals surface area contributed by atoms with Gasteiger partial charge in [0.15, 0.2) is 0 Å². The summed E-state index contributed by atoms with van der Waals surface area (Å²) < 4.78 is 0. The number of thiazole rings is 1. The zero-order valence-corrected chi connectivity index (χ0v) is 12.1. The Balaban J connectivity index is 2.61. The summed E-state index contributed by atoms with van der Waals surface area (Å²) in [5, 5.41) is 13.1. The first-order valence-corrected chi connectivity index (χ1v) is 6.95. The van der Waals surface area contributed by atoms with Crippen LogP contribution in [0.1, 0.15) is 37.4 Å².